The summed E-state index contributed by atoms with van der Waals surface area (Å²) in [5.74, 6) is -0.946. The van der Waals surface area contributed by atoms with Gasteiger partial charge in [0.2, 0.25) is 0 Å². The van der Waals surface area contributed by atoms with Gasteiger partial charge in [0.25, 0.3) is 11.5 Å². The Balaban J connectivity index is 1.50. The molecule has 0 bridgehead atoms. The monoisotopic (exact) mass is 477 g/mol. The maximum Gasteiger partial charge on any atom is 0.260 e. The lowest BCUT2D eigenvalue weighted by Gasteiger charge is -2.28. The van der Waals surface area contributed by atoms with Crippen LogP contribution in [0.1, 0.15) is 22.3 Å². The lowest BCUT2D eigenvalue weighted by atomic mass is 10.0. The lowest BCUT2D eigenvalue weighted by Crippen LogP contribution is -2.48. The fourth-order valence-electron chi connectivity index (χ4n) is 4.32. The number of aromatic nitrogens is 4. The number of hydrogen-bond acceptors (Lipinski definition) is 6. The summed E-state index contributed by atoms with van der Waals surface area (Å²) in [4.78, 5) is 30.6. The Morgan fingerprint density at radius 3 is 2.89 bits per heavy atom. The summed E-state index contributed by atoms with van der Waals surface area (Å²) >= 11 is 0. The topological polar surface area (TPSA) is 111 Å². The van der Waals surface area contributed by atoms with E-state index in [4.69, 9.17) is 4.74 Å². The number of nitrogens with one attached hydrogen (secondary N) is 1. The number of carbonyl (C=O) groups excluding carboxylic acids is 1. The van der Waals surface area contributed by atoms with Crippen molar-refractivity contribution in [1.29, 1.82) is 0 Å². The third-order valence-corrected chi connectivity index (χ3v) is 6.24. The second kappa shape index (κ2) is 9.40. The van der Waals surface area contributed by atoms with Crippen LogP contribution < -0.4 is 10.9 Å². The molecule has 2 atom stereocenters. The number of pyridine rings is 2. The number of fused-ring (bicyclic) bond motifs is 1. The average molecular weight is 477 g/mol. The molecule has 180 valence electrons. The van der Waals surface area contributed by atoms with Crippen molar-refractivity contribution in [2.75, 3.05) is 13.2 Å². The van der Waals surface area contributed by atoms with Crippen LogP contribution in [0.4, 0.5) is 4.39 Å². The van der Waals surface area contributed by atoms with Crippen LogP contribution in [0.5, 0.6) is 0 Å². The van der Waals surface area contributed by atoms with Crippen LogP contribution in [0.25, 0.3) is 22.2 Å². The number of nitrogens with zero attached hydrogens (tertiary/aromatic N) is 4. The number of carbonyl (C=O) groups is 1. The molecule has 1 aliphatic heterocycles. The number of rotatable bonds is 5. The predicted octanol–water partition coefficient (Wildman–Crippen LogP) is 1.86. The van der Waals surface area contributed by atoms with E-state index in [0.29, 0.717) is 24.2 Å². The van der Waals surface area contributed by atoms with Crippen LogP contribution in [0, 0.1) is 5.82 Å². The van der Waals surface area contributed by atoms with Gasteiger partial charge in [0.15, 0.2) is 0 Å². The number of amides is 1. The van der Waals surface area contributed by atoms with E-state index in [1.54, 1.807) is 48.3 Å². The molecule has 0 spiro atoms. The Bertz CT molecular complexity index is 1460. The van der Waals surface area contributed by atoms with Crippen molar-refractivity contribution in [2.45, 2.75) is 25.1 Å². The Hall–Kier alpha value is -3.89. The predicted molar refractivity (Wildman–Crippen MR) is 126 cm³/mol. The van der Waals surface area contributed by atoms with Crippen molar-refractivity contribution in [3.8, 4) is 11.3 Å². The number of ether oxygens (including phenoxy) is 1. The van der Waals surface area contributed by atoms with Gasteiger partial charge in [-0.1, -0.05) is 12.1 Å². The first-order valence-corrected chi connectivity index (χ1v) is 11.2. The Morgan fingerprint density at radius 2 is 2.14 bits per heavy atom. The molecule has 9 nitrogen and oxygen atoms in total. The van der Waals surface area contributed by atoms with E-state index in [-0.39, 0.29) is 35.2 Å². The van der Waals surface area contributed by atoms with E-state index in [0.717, 1.165) is 5.69 Å². The molecule has 35 heavy (non-hydrogen) atoms. The average Bonchev–Trinajstić information content (AvgIpc) is 3.29. The molecule has 1 aromatic carbocycles. The van der Waals surface area contributed by atoms with E-state index < -0.39 is 23.9 Å². The summed E-state index contributed by atoms with van der Waals surface area (Å²) in [6.07, 6.45) is 4.17. The number of aliphatic hydroxyl groups is 1. The van der Waals surface area contributed by atoms with Crippen molar-refractivity contribution in [2.24, 2.45) is 7.05 Å². The molecule has 5 rings (SSSR count). The van der Waals surface area contributed by atoms with Crippen LogP contribution in [-0.4, -0.2) is 55.7 Å². The van der Waals surface area contributed by atoms with E-state index >= 15 is 4.39 Å². The van der Waals surface area contributed by atoms with Crippen LogP contribution >= 0.6 is 0 Å². The molecular formula is C25H24FN5O4. The second-order valence-electron chi connectivity index (χ2n) is 8.53. The van der Waals surface area contributed by atoms with Crippen LogP contribution in [-0.2, 0) is 18.3 Å². The minimum Gasteiger partial charge on any atom is -0.389 e. The van der Waals surface area contributed by atoms with Crippen molar-refractivity contribution in [3.05, 3.63) is 82.3 Å². The number of aliphatic hydroxyl groups excluding tert-OH is 1. The molecule has 4 heterocycles. The zero-order valence-corrected chi connectivity index (χ0v) is 19.0. The maximum atomic E-state index is 15.0. The standard InChI is InChI=1S/C25H24FN5O4/c1-30-21(6-9-28-30)15-4-5-16(19(26)11-15)12-31-13-18(23-17(25(31)34)3-2-8-27-23)24(33)29-20-7-10-35-14-22(20)32/h2-6,8-9,11,13,20,22,32H,7,10,12,14H2,1H3,(H,29,33)/t20-,22-/m0/s1. The van der Waals surface area contributed by atoms with Gasteiger partial charge in [0, 0.05) is 43.4 Å². The van der Waals surface area contributed by atoms with E-state index in [2.05, 4.69) is 15.4 Å². The molecule has 1 amide bonds. The number of benzene rings is 1. The summed E-state index contributed by atoms with van der Waals surface area (Å²) in [6.45, 7) is 0.494. The number of hydrogen-bond donors (Lipinski definition) is 2. The summed E-state index contributed by atoms with van der Waals surface area (Å²) in [6, 6.07) is 9.30. The van der Waals surface area contributed by atoms with Gasteiger partial charge in [-0.05, 0) is 30.7 Å². The summed E-state index contributed by atoms with van der Waals surface area (Å²) in [5.41, 5.74) is 1.76. The quantitative estimate of drug-likeness (QED) is 0.454. The van der Waals surface area contributed by atoms with Gasteiger partial charge in [-0.25, -0.2) is 4.39 Å². The number of halogens is 1. The van der Waals surface area contributed by atoms with Crippen molar-refractivity contribution in [3.63, 3.8) is 0 Å². The SMILES string of the molecule is Cn1nccc1-c1ccc(Cn2cc(C(=O)N[C@H]3CCOC[C@@H]3O)c3ncccc3c2=O)c(F)c1. The molecule has 1 aliphatic rings. The summed E-state index contributed by atoms with van der Waals surface area (Å²) < 4.78 is 23.2. The van der Waals surface area contributed by atoms with Crippen LogP contribution in [0.2, 0.25) is 0 Å². The minimum atomic E-state index is -0.829. The first-order valence-electron chi connectivity index (χ1n) is 11.2. The van der Waals surface area contributed by atoms with Crippen molar-refractivity contribution < 1.29 is 19.0 Å². The fraction of sp³-hybridized carbons (Fsp3) is 0.280. The normalized spacial score (nSPS) is 18.0. The highest BCUT2D eigenvalue weighted by Crippen LogP contribution is 2.22. The first kappa shape index (κ1) is 22.9. The molecule has 0 unspecified atom stereocenters. The lowest BCUT2D eigenvalue weighted by molar-refractivity contribution is -0.0260. The molecular weight excluding hydrogens is 453 g/mol. The molecule has 0 aliphatic carbocycles. The zero-order chi connectivity index (χ0) is 24.5. The van der Waals surface area contributed by atoms with Gasteiger partial charge in [-0.3, -0.25) is 19.3 Å². The first-order chi connectivity index (χ1) is 16.9. The Labute approximate surface area is 199 Å². The Kier molecular flexibility index (Phi) is 6.14. The molecule has 0 saturated carbocycles. The van der Waals surface area contributed by atoms with Gasteiger partial charge in [0.05, 0.1) is 47.5 Å². The van der Waals surface area contributed by atoms with E-state index in [9.17, 15) is 14.7 Å². The zero-order valence-electron chi connectivity index (χ0n) is 19.0. The molecule has 3 aromatic heterocycles. The largest absolute Gasteiger partial charge is 0.389 e. The molecule has 10 heteroatoms. The maximum absolute atomic E-state index is 15.0. The highest BCUT2D eigenvalue weighted by molar-refractivity contribution is 6.05. The second-order valence-corrected chi connectivity index (χ2v) is 8.53. The summed E-state index contributed by atoms with van der Waals surface area (Å²) in [7, 11) is 1.77. The smallest absolute Gasteiger partial charge is 0.260 e. The van der Waals surface area contributed by atoms with E-state index in [1.807, 2.05) is 0 Å². The van der Waals surface area contributed by atoms with E-state index in [1.165, 1.54) is 23.0 Å². The van der Waals surface area contributed by atoms with Gasteiger partial charge >= 0.3 is 0 Å². The van der Waals surface area contributed by atoms with Crippen molar-refractivity contribution in [1.82, 2.24) is 24.6 Å². The molecule has 0 radical (unpaired) electrons. The number of aryl methyl sites for hydroxylation is 1. The summed E-state index contributed by atoms with van der Waals surface area (Å²) in [5, 5.41) is 17.3. The highest BCUT2D eigenvalue weighted by atomic mass is 19.1. The highest BCUT2D eigenvalue weighted by Gasteiger charge is 2.27. The van der Waals surface area contributed by atoms with Gasteiger partial charge in [0.1, 0.15) is 5.82 Å². The third-order valence-electron chi connectivity index (χ3n) is 6.24. The minimum absolute atomic E-state index is 0.0681. The Morgan fingerprint density at radius 1 is 1.29 bits per heavy atom. The molecule has 4 aromatic rings. The van der Waals surface area contributed by atoms with Crippen molar-refractivity contribution >= 4 is 16.8 Å². The fourth-order valence-corrected chi connectivity index (χ4v) is 4.32. The van der Waals surface area contributed by atoms with Gasteiger partial charge in [-0.15, -0.1) is 0 Å². The van der Waals surface area contributed by atoms with Crippen LogP contribution in [0.15, 0.2) is 59.8 Å². The third kappa shape index (κ3) is 4.45. The molecule has 2 N–H and O–H groups in total. The van der Waals surface area contributed by atoms with Gasteiger partial charge < -0.3 is 19.7 Å². The van der Waals surface area contributed by atoms with Crippen LogP contribution in [0.3, 0.4) is 0 Å². The molecule has 1 saturated heterocycles. The molecule has 1 fully saturated rings. The van der Waals surface area contributed by atoms with Gasteiger partial charge in [-0.2, -0.15) is 5.10 Å².